The van der Waals surface area contributed by atoms with Crippen molar-refractivity contribution in [2.24, 2.45) is 0 Å². The first kappa shape index (κ1) is 105. The molecule has 20 heteroatoms. The number of hydrogen-bond acceptors (Lipinski definition) is 16. The first-order chi connectivity index (χ1) is 70.6. The molecule has 768 valence electrons. The molecule has 3 N–H and O–H groups in total. The van der Waals surface area contributed by atoms with E-state index in [-0.39, 0.29) is 47.8 Å². The molecule has 11 heterocycles. The maximum atomic E-state index is 13.2. The molecule has 12 aliphatic rings. The third kappa shape index (κ3) is 26.5. The summed E-state index contributed by atoms with van der Waals surface area (Å²) >= 11 is 0. The number of carbonyl (C=O) groups excluding carboxylic acids is 4. The number of nitrogens with zero attached hydrogens (tertiary/aromatic N) is 11. The van der Waals surface area contributed by atoms with Gasteiger partial charge in [0.15, 0.2) is 0 Å². The Hall–Kier alpha value is -10.5. The van der Waals surface area contributed by atoms with Crippen LogP contribution in [-0.4, -0.2) is 274 Å². The van der Waals surface area contributed by atoms with E-state index in [4.69, 9.17) is 9.47 Å². The fraction of sp³-hybridized carbons (Fsp3) is 0.516. The van der Waals surface area contributed by atoms with Gasteiger partial charge in [-0.1, -0.05) is 186 Å². The number of nitrogens with one attached hydrogen (secondary N) is 1. The van der Waals surface area contributed by atoms with Crippen LogP contribution in [0.2, 0.25) is 0 Å². The summed E-state index contributed by atoms with van der Waals surface area (Å²) in [6, 6.07) is 71.1. The molecule has 1 aliphatic carbocycles. The minimum absolute atomic E-state index is 0.0457. The predicted octanol–water partition coefficient (Wildman–Crippen LogP) is 22.3. The average Bonchev–Trinajstić information content (AvgIpc) is 1.59. The molecule has 8 aromatic carbocycles. The molecule has 0 aromatic heterocycles. The molecule has 12 fully saturated rings. The lowest BCUT2D eigenvalue weighted by molar-refractivity contribution is 0.0721. The van der Waals surface area contributed by atoms with Crippen LogP contribution in [0, 0.1) is 0 Å². The van der Waals surface area contributed by atoms with E-state index in [2.05, 4.69) is 192 Å². The number of likely N-dealkylation sites (tertiary alicyclic amines) is 3. The van der Waals surface area contributed by atoms with Gasteiger partial charge < -0.3 is 39.7 Å². The smallest absolute Gasteiger partial charge is 0.253 e. The van der Waals surface area contributed by atoms with E-state index in [0.29, 0.717) is 65.9 Å². The van der Waals surface area contributed by atoms with Crippen molar-refractivity contribution in [3.05, 3.63) is 312 Å². The van der Waals surface area contributed by atoms with Gasteiger partial charge in [-0.05, 0) is 276 Å². The summed E-state index contributed by atoms with van der Waals surface area (Å²) in [5.41, 5.74) is 12.6. The van der Waals surface area contributed by atoms with Crippen LogP contribution in [-0.2, 0) is 0 Å². The minimum atomic E-state index is 0.0457. The van der Waals surface area contributed by atoms with Gasteiger partial charge >= 0.3 is 0 Å². The number of ether oxygens (including phenoxy) is 2. The number of fused-ring (bicyclic) bond motifs is 8. The molecule has 8 bridgehead atoms. The SMILES string of the molecule is C=CCN1C2CCCC1CN(C(c1ccc(C(=O)N3CCCCC3)cc1)c1cccc(O)c1)CC2.C=CCN1C2CCCC1CN(C(c1ccc(C(=O)N3CCCCCC3)cc1)c1cccc(O)c1)CC2.C=CCN1C2CCCC1CN(C(c1ccc(C(=O)N3CCCCCC3)cc1)c1cccc(OC)c1)CC2.C=CCN1C2CCCC1CN(C(c1ccc(C(=O)NC3CCCC3)cc1)c1cccc(OC)c1)CC2. The van der Waals surface area contributed by atoms with E-state index in [1.165, 1.54) is 168 Å². The van der Waals surface area contributed by atoms with Crippen LogP contribution >= 0.6 is 0 Å². The predicted molar refractivity (Wildman–Crippen MR) is 582 cm³/mol. The molecular weight excluding hydrogens is 1790 g/mol. The fourth-order valence-corrected chi connectivity index (χ4v) is 26.6. The molecule has 12 unspecified atom stereocenters. The van der Waals surface area contributed by atoms with Gasteiger partial charge in [-0.2, -0.15) is 0 Å². The van der Waals surface area contributed by atoms with Crippen molar-refractivity contribution in [1.82, 2.24) is 59.2 Å². The lowest BCUT2D eigenvalue weighted by atomic mass is 9.94. The first-order valence-corrected chi connectivity index (χ1v) is 55.5. The molecule has 0 radical (unpaired) electrons. The van der Waals surface area contributed by atoms with Crippen LogP contribution in [0.25, 0.3) is 0 Å². The standard InChI is InChI=1S/C32H43N3O2.2C31H41N3O2.C30H39N3O2/c1-3-19-35-28-11-9-12-29(35)24-34(22-18-28)31(27-10-8-13-30(23-27)37-2)25-14-16-26(17-15-25)32(36)33-20-6-4-5-7-21-33;1-3-19-34-27-11-7-12-28(34)22-33(20-18-27)30(25-8-6-13-29(21-25)36-2)23-14-16-24(17-15-23)31(35)32-26-9-4-5-10-26;1-2-18-34-27-10-8-11-28(34)23-33(21-17-27)30(26-9-7-12-29(35)22-26)24-13-15-25(16-14-24)31(36)32-19-5-3-4-6-20-32;1-2-17-33-26-9-7-10-27(33)22-32(20-16-26)29(25-8-6-11-28(34)21-25)23-12-14-24(15-13-23)30(35)31-18-4-3-5-19-31/h3,8,10,13-17,23,28-29,31H,1,4-7,9,11-12,18-22,24H2,2H3;3,6,8,13-17,21,26-28,30H,1,4-5,7,9-12,18-20,22H2,2H3,(H,32,35);2,7,9,12-16,22,27-28,30,35H,1,3-6,8,10-11,17-21,23H2;2,6,8,11-15,21,26-27,29,34H,1,3-5,7,9-10,16-20,22H2. The number of methoxy groups -OCH3 is 2. The van der Waals surface area contributed by atoms with Gasteiger partial charge in [0, 0.05) is 194 Å². The molecule has 20 rings (SSSR count). The highest BCUT2D eigenvalue weighted by Gasteiger charge is 2.43. The van der Waals surface area contributed by atoms with Gasteiger partial charge in [0.2, 0.25) is 0 Å². The summed E-state index contributed by atoms with van der Waals surface area (Å²) in [4.78, 5) is 79.6. The maximum absolute atomic E-state index is 13.2. The van der Waals surface area contributed by atoms with Gasteiger partial charge in [-0.3, -0.25) is 58.4 Å². The number of aromatic hydroxyl groups is 2. The summed E-state index contributed by atoms with van der Waals surface area (Å²) in [7, 11) is 3.47. The largest absolute Gasteiger partial charge is 0.508 e. The zero-order valence-electron chi connectivity index (χ0n) is 86.5. The Morgan fingerprint density at radius 1 is 0.292 bits per heavy atom. The molecule has 1 saturated carbocycles. The van der Waals surface area contributed by atoms with E-state index >= 15 is 0 Å². The molecule has 11 aliphatic heterocycles. The first-order valence-electron chi connectivity index (χ1n) is 55.5. The van der Waals surface area contributed by atoms with E-state index in [0.717, 1.165) is 227 Å². The van der Waals surface area contributed by atoms with Crippen LogP contribution in [0.5, 0.6) is 23.0 Å². The second-order valence-corrected chi connectivity index (χ2v) is 43.1. The van der Waals surface area contributed by atoms with E-state index in [9.17, 15) is 29.4 Å². The summed E-state index contributed by atoms with van der Waals surface area (Å²) in [5, 5.41) is 23.8. The highest BCUT2D eigenvalue weighted by Crippen LogP contribution is 2.44. The van der Waals surface area contributed by atoms with Crippen molar-refractivity contribution >= 4 is 23.6 Å². The lowest BCUT2D eigenvalue weighted by Crippen LogP contribution is -2.48. The number of carbonyl (C=O) groups is 4. The molecule has 12 atom stereocenters. The van der Waals surface area contributed by atoms with Gasteiger partial charge in [0.1, 0.15) is 23.0 Å². The van der Waals surface area contributed by atoms with Crippen molar-refractivity contribution in [3.63, 3.8) is 0 Å². The summed E-state index contributed by atoms with van der Waals surface area (Å²) in [5.74, 6) is 2.89. The normalized spacial score (nSPS) is 24.3. The Morgan fingerprint density at radius 2 is 0.549 bits per heavy atom. The number of phenolic OH excluding ortho intramolecular Hbond substituents is 2. The zero-order valence-corrected chi connectivity index (χ0v) is 86.5. The monoisotopic (exact) mass is 1950 g/mol. The number of phenols is 2. The van der Waals surface area contributed by atoms with Gasteiger partial charge in [-0.25, -0.2) is 0 Å². The molecule has 8 aromatic rings. The highest BCUT2D eigenvalue weighted by molar-refractivity contribution is 5.96. The quantitative estimate of drug-likeness (QED) is 0.0414. The highest BCUT2D eigenvalue weighted by atomic mass is 16.5. The molecule has 20 nitrogen and oxygen atoms in total. The van der Waals surface area contributed by atoms with E-state index in [1.54, 1.807) is 26.4 Å². The second-order valence-electron chi connectivity index (χ2n) is 43.1. The van der Waals surface area contributed by atoms with Gasteiger partial charge in [0.05, 0.1) is 38.4 Å². The Balaban J connectivity index is 0.000000132. The van der Waals surface area contributed by atoms with Crippen LogP contribution in [0.4, 0.5) is 0 Å². The van der Waals surface area contributed by atoms with Crippen molar-refractivity contribution in [2.75, 3.05) is 132 Å². The molecule has 4 amide bonds. The Kier molecular flexibility index (Phi) is 38.0. The Bertz CT molecular complexity index is 5450. The van der Waals surface area contributed by atoms with E-state index < -0.39 is 0 Å². The third-order valence-corrected chi connectivity index (χ3v) is 33.9. The average molecular weight is 1950 g/mol. The summed E-state index contributed by atoms with van der Waals surface area (Å²) < 4.78 is 11.2. The Morgan fingerprint density at radius 3 is 0.819 bits per heavy atom. The zero-order chi connectivity index (χ0) is 99.6. The summed E-state index contributed by atoms with van der Waals surface area (Å²) in [6.45, 7) is 33.4. The molecular formula is C124H164N12O8. The number of amides is 4. The van der Waals surface area contributed by atoms with Crippen molar-refractivity contribution in [1.29, 1.82) is 0 Å². The van der Waals surface area contributed by atoms with Gasteiger partial charge in [-0.15, -0.1) is 26.3 Å². The Labute approximate surface area is 860 Å². The minimum Gasteiger partial charge on any atom is -0.508 e. The number of benzene rings is 8. The lowest BCUT2D eigenvalue weighted by Gasteiger charge is -2.41. The van der Waals surface area contributed by atoms with E-state index in [1.807, 2.05) is 99.6 Å². The molecule has 0 spiro atoms. The topological polar surface area (TPSA) is 175 Å². The van der Waals surface area contributed by atoms with Crippen molar-refractivity contribution < 1.29 is 38.9 Å². The van der Waals surface area contributed by atoms with Crippen molar-refractivity contribution in [3.8, 4) is 23.0 Å². The molecule has 144 heavy (non-hydrogen) atoms. The van der Waals surface area contributed by atoms with Crippen LogP contribution in [0.15, 0.2) is 245 Å². The number of piperidine rings is 5. The summed E-state index contributed by atoms with van der Waals surface area (Å²) in [6.07, 6.45) is 45.5. The number of hydrogen-bond donors (Lipinski definition) is 3. The fourth-order valence-electron chi connectivity index (χ4n) is 26.6. The van der Waals surface area contributed by atoms with Crippen LogP contribution in [0.3, 0.4) is 0 Å². The van der Waals surface area contributed by atoms with Crippen molar-refractivity contribution in [2.45, 2.75) is 278 Å². The maximum Gasteiger partial charge on any atom is 0.253 e. The third-order valence-electron chi connectivity index (χ3n) is 33.9. The molecule has 11 saturated heterocycles. The van der Waals surface area contributed by atoms with Crippen LogP contribution in [0.1, 0.15) is 309 Å². The van der Waals surface area contributed by atoms with Crippen LogP contribution < -0.4 is 14.8 Å². The second kappa shape index (κ2) is 52.2. The van der Waals surface area contributed by atoms with Gasteiger partial charge in [0.25, 0.3) is 23.6 Å². The number of rotatable bonds is 27.